The molecule has 0 spiro atoms. The zero-order valence-corrected chi connectivity index (χ0v) is 12.1. The van der Waals surface area contributed by atoms with E-state index in [0.717, 1.165) is 5.56 Å². The van der Waals surface area contributed by atoms with Crippen molar-refractivity contribution in [2.45, 2.75) is 26.4 Å². The van der Waals surface area contributed by atoms with Crippen LogP contribution in [0.15, 0.2) is 18.2 Å². The van der Waals surface area contributed by atoms with Crippen molar-refractivity contribution in [2.75, 3.05) is 13.2 Å². The molecule has 1 heterocycles. The van der Waals surface area contributed by atoms with E-state index in [2.05, 4.69) is 5.32 Å². The van der Waals surface area contributed by atoms with Crippen LogP contribution in [-0.2, 0) is 16.0 Å². The summed E-state index contributed by atoms with van der Waals surface area (Å²) < 4.78 is 10.7. The van der Waals surface area contributed by atoms with E-state index in [1.165, 1.54) is 0 Å². The van der Waals surface area contributed by atoms with Gasteiger partial charge in [0.05, 0.1) is 0 Å². The first-order chi connectivity index (χ1) is 9.95. The molecule has 0 saturated carbocycles. The number of amides is 1. The highest BCUT2D eigenvalue weighted by atomic mass is 16.5. The molecule has 1 unspecified atom stereocenters. The molecule has 0 bridgehead atoms. The van der Waals surface area contributed by atoms with Gasteiger partial charge >= 0.3 is 5.97 Å². The summed E-state index contributed by atoms with van der Waals surface area (Å²) in [4.78, 5) is 22.4. The van der Waals surface area contributed by atoms with Crippen LogP contribution in [0.2, 0.25) is 0 Å². The third-order valence-electron chi connectivity index (χ3n) is 3.07. The van der Waals surface area contributed by atoms with Crippen LogP contribution in [0.1, 0.15) is 19.4 Å². The van der Waals surface area contributed by atoms with Crippen LogP contribution in [0.3, 0.4) is 0 Å². The van der Waals surface area contributed by atoms with Crippen molar-refractivity contribution >= 4 is 11.9 Å². The zero-order chi connectivity index (χ0) is 15.4. The first kappa shape index (κ1) is 15.2. The maximum atomic E-state index is 11.6. The van der Waals surface area contributed by atoms with Gasteiger partial charge in [0.1, 0.15) is 11.5 Å². The maximum Gasteiger partial charge on any atom is 0.345 e. The SMILES string of the molecule is CC(C)CNC(=O)COc1ccc2c(c1)OC(C(=O)O)C2. The number of carbonyl (C=O) groups excluding carboxylic acids is 1. The average Bonchev–Trinajstić information content (AvgIpc) is 2.86. The first-order valence-electron chi connectivity index (χ1n) is 6.87. The molecule has 114 valence electrons. The number of rotatable bonds is 6. The van der Waals surface area contributed by atoms with Gasteiger partial charge in [-0.25, -0.2) is 4.79 Å². The van der Waals surface area contributed by atoms with E-state index >= 15 is 0 Å². The minimum absolute atomic E-state index is 0.0755. The number of fused-ring (bicyclic) bond motifs is 1. The summed E-state index contributed by atoms with van der Waals surface area (Å²) >= 11 is 0. The standard InChI is InChI=1S/C15H19NO5/c1-9(2)7-16-14(17)8-20-11-4-3-10-5-13(15(18)19)21-12(10)6-11/h3-4,6,9,13H,5,7-8H2,1-2H3,(H,16,17)(H,18,19). The molecule has 6 heteroatoms. The Morgan fingerprint density at radius 3 is 2.90 bits per heavy atom. The molecule has 1 aliphatic rings. The molecule has 6 nitrogen and oxygen atoms in total. The Labute approximate surface area is 123 Å². The molecule has 1 aliphatic heterocycles. The number of hydrogen-bond donors (Lipinski definition) is 2. The van der Waals surface area contributed by atoms with E-state index in [9.17, 15) is 9.59 Å². The number of aliphatic carboxylic acids is 1. The van der Waals surface area contributed by atoms with Crippen LogP contribution in [0, 0.1) is 5.92 Å². The Morgan fingerprint density at radius 2 is 2.24 bits per heavy atom. The molecule has 0 radical (unpaired) electrons. The molecule has 1 aromatic carbocycles. The van der Waals surface area contributed by atoms with Crippen molar-refractivity contribution in [3.8, 4) is 11.5 Å². The lowest BCUT2D eigenvalue weighted by Gasteiger charge is -2.10. The maximum absolute atomic E-state index is 11.6. The smallest absolute Gasteiger partial charge is 0.345 e. The van der Waals surface area contributed by atoms with Gasteiger partial charge in [0.2, 0.25) is 0 Å². The normalized spacial score (nSPS) is 16.2. The van der Waals surface area contributed by atoms with E-state index in [-0.39, 0.29) is 12.5 Å². The van der Waals surface area contributed by atoms with Crippen molar-refractivity contribution in [1.82, 2.24) is 5.32 Å². The van der Waals surface area contributed by atoms with Gasteiger partial charge in [0.15, 0.2) is 12.7 Å². The Kier molecular flexibility index (Phi) is 4.67. The van der Waals surface area contributed by atoms with Crippen molar-refractivity contribution in [3.63, 3.8) is 0 Å². The largest absolute Gasteiger partial charge is 0.484 e. The van der Waals surface area contributed by atoms with Gasteiger partial charge in [0.25, 0.3) is 5.91 Å². The van der Waals surface area contributed by atoms with Gasteiger partial charge in [-0.1, -0.05) is 19.9 Å². The minimum atomic E-state index is -0.985. The second-order valence-electron chi connectivity index (χ2n) is 5.40. The van der Waals surface area contributed by atoms with Crippen LogP contribution in [0.25, 0.3) is 0 Å². The van der Waals surface area contributed by atoms with E-state index in [1.807, 2.05) is 13.8 Å². The van der Waals surface area contributed by atoms with Gasteiger partial charge in [-0.15, -0.1) is 0 Å². The molecule has 0 saturated heterocycles. The molecular formula is C15H19NO5. The number of nitrogens with one attached hydrogen (secondary N) is 1. The molecule has 2 N–H and O–H groups in total. The molecule has 21 heavy (non-hydrogen) atoms. The summed E-state index contributed by atoms with van der Waals surface area (Å²) in [5.74, 6) is 0.201. The van der Waals surface area contributed by atoms with Gasteiger partial charge < -0.3 is 19.9 Å². The summed E-state index contributed by atoms with van der Waals surface area (Å²) in [6.45, 7) is 4.55. The van der Waals surface area contributed by atoms with Crippen molar-refractivity contribution < 1.29 is 24.2 Å². The van der Waals surface area contributed by atoms with Gasteiger partial charge in [-0.05, 0) is 17.5 Å². The highest BCUT2D eigenvalue weighted by Crippen LogP contribution is 2.32. The first-order valence-corrected chi connectivity index (χ1v) is 6.87. The Balaban J connectivity index is 1.88. The third kappa shape index (κ3) is 4.11. The number of carbonyl (C=O) groups is 2. The second kappa shape index (κ2) is 6.47. The van der Waals surface area contributed by atoms with E-state index < -0.39 is 12.1 Å². The third-order valence-corrected chi connectivity index (χ3v) is 3.07. The lowest BCUT2D eigenvalue weighted by Crippen LogP contribution is -2.31. The Bertz CT molecular complexity index is 541. The summed E-state index contributed by atoms with van der Waals surface area (Å²) in [6.07, 6.45) is -0.496. The monoisotopic (exact) mass is 293 g/mol. The number of hydrogen-bond acceptors (Lipinski definition) is 4. The van der Waals surface area contributed by atoms with Gasteiger partial charge in [-0.2, -0.15) is 0 Å². The number of benzene rings is 1. The Hall–Kier alpha value is -2.24. The molecule has 0 fully saturated rings. The zero-order valence-electron chi connectivity index (χ0n) is 12.1. The van der Waals surface area contributed by atoms with Gasteiger partial charge in [0, 0.05) is 19.0 Å². The lowest BCUT2D eigenvalue weighted by atomic mass is 10.1. The highest BCUT2D eigenvalue weighted by molar-refractivity contribution is 5.77. The molecule has 0 aliphatic carbocycles. The summed E-state index contributed by atoms with van der Waals surface area (Å²) in [5.41, 5.74) is 0.832. The summed E-state index contributed by atoms with van der Waals surface area (Å²) in [7, 11) is 0. The fraction of sp³-hybridized carbons (Fsp3) is 0.467. The predicted octanol–water partition coefficient (Wildman–Crippen LogP) is 1.23. The van der Waals surface area contributed by atoms with Crippen LogP contribution in [0.4, 0.5) is 0 Å². The number of ether oxygens (including phenoxy) is 2. The Morgan fingerprint density at radius 1 is 1.48 bits per heavy atom. The fourth-order valence-electron chi connectivity index (χ4n) is 1.95. The topological polar surface area (TPSA) is 84.9 Å². The lowest BCUT2D eigenvalue weighted by molar-refractivity contribution is -0.144. The van der Waals surface area contributed by atoms with Crippen LogP contribution in [-0.4, -0.2) is 36.2 Å². The molecule has 1 amide bonds. The average molecular weight is 293 g/mol. The molecule has 2 rings (SSSR count). The van der Waals surface area contributed by atoms with E-state index in [0.29, 0.717) is 30.4 Å². The number of carboxylic acids is 1. The fourth-order valence-corrected chi connectivity index (χ4v) is 1.95. The second-order valence-corrected chi connectivity index (χ2v) is 5.40. The molecule has 1 atom stereocenters. The highest BCUT2D eigenvalue weighted by Gasteiger charge is 2.28. The molecule has 0 aromatic heterocycles. The van der Waals surface area contributed by atoms with Crippen molar-refractivity contribution in [1.29, 1.82) is 0 Å². The van der Waals surface area contributed by atoms with E-state index in [4.69, 9.17) is 14.6 Å². The predicted molar refractivity (Wildman–Crippen MR) is 75.5 cm³/mol. The van der Waals surface area contributed by atoms with Crippen molar-refractivity contribution in [3.05, 3.63) is 23.8 Å². The van der Waals surface area contributed by atoms with Gasteiger partial charge in [-0.3, -0.25) is 4.79 Å². The van der Waals surface area contributed by atoms with Crippen molar-refractivity contribution in [2.24, 2.45) is 5.92 Å². The minimum Gasteiger partial charge on any atom is -0.484 e. The summed E-state index contributed by atoms with van der Waals surface area (Å²) in [6, 6.07) is 5.09. The number of carboxylic acid groups (broad SMARTS) is 1. The molecular weight excluding hydrogens is 274 g/mol. The van der Waals surface area contributed by atoms with Crippen LogP contribution < -0.4 is 14.8 Å². The van der Waals surface area contributed by atoms with Crippen LogP contribution >= 0.6 is 0 Å². The van der Waals surface area contributed by atoms with Crippen LogP contribution in [0.5, 0.6) is 11.5 Å². The summed E-state index contributed by atoms with van der Waals surface area (Å²) in [5, 5.41) is 11.7. The quantitative estimate of drug-likeness (QED) is 0.824. The molecule has 1 aromatic rings. The van der Waals surface area contributed by atoms with E-state index in [1.54, 1.807) is 18.2 Å².